The third-order valence-electron chi connectivity index (χ3n) is 3.80. The summed E-state index contributed by atoms with van der Waals surface area (Å²) in [6, 6.07) is 0.498. The summed E-state index contributed by atoms with van der Waals surface area (Å²) in [6.45, 7) is 4.39. The van der Waals surface area contributed by atoms with Gasteiger partial charge in [0, 0.05) is 19.0 Å². The first-order valence-corrected chi connectivity index (χ1v) is 6.42. The van der Waals surface area contributed by atoms with Gasteiger partial charge in [-0.1, -0.05) is 0 Å². The van der Waals surface area contributed by atoms with Gasteiger partial charge in [-0.15, -0.1) is 0 Å². The highest BCUT2D eigenvalue weighted by Crippen LogP contribution is 2.15. The Balaban J connectivity index is 1.62. The van der Waals surface area contributed by atoms with E-state index in [0.717, 1.165) is 25.4 Å². The first kappa shape index (κ1) is 11.9. The molecule has 2 heterocycles. The highest BCUT2D eigenvalue weighted by Gasteiger charge is 2.20. The van der Waals surface area contributed by atoms with Crippen LogP contribution in [0.1, 0.15) is 25.7 Å². The van der Waals surface area contributed by atoms with Crippen LogP contribution in [0.15, 0.2) is 0 Å². The number of rotatable bonds is 3. The zero-order valence-electron chi connectivity index (χ0n) is 10.2. The average Bonchev–Trinajstić information content (AvgIpc) is 2.30. The molecule has 1 amide bonds. The predicted octanol–water partition coefficient (Wildman–Crippen LogP) is 0.196. The van der Waals surface area contributed by atoms with E-state index in [0.29, 0.717) is 12.5 Å². The summed E-state index contributed by atoms with van der Waals surface area (Å²) in [7, 11) is 2.19. The van der Waals surface area contributed by atoms with Crippen LogP contribution in [-0.2, 0) is 4.79 Å². The Morgan fingerprint density at radius 1 is 1.38 bits per heavy atom. The molecule has 0 aromatic rings. The van der Waals surface area contributed by atoms with Crippen molar-refractivity contribution in [1.82, 2.24) is 15.5 Å². The molecule has 0 spiro atoms. The lowest BCUT2D eigenvalue weighted by molar-refractivity contribution is -0.122. The average molecular weight is 225 g/mol. The maximum Gasteiger partial charge on any atom is 0.220 e. The summed E-state index contributed by atoms with van der Waals surface area (Å²) in [5.74, 6) is 1.03. The van der Waals surface area contributed by atoms with Crippen LogP contribution in [0.5, 0.6) is 0 Å². The molecule has 2 N–H and O–H groups in total. The molecule has 0 aromatic carbocycles. The molecule has 2 aliphatic heterocycles. The Morgan fingerprint density at radius 2 is 2.12 bits per heavy atom. The van der Waals surface area contributed by atoms with Crippen molar-refractivity contribution < 1.29 is 4.79 Å². The van der Waals surface area contributed by atoms with Crippen molar-refractivity contribution in [3.8, 4) is 0 Å². The first-order valence-electron chi connectivity index (χ1n) is 6.42. The second kappa shape index (κ2) is 5.64. The van der Waals surface area contributed by atoms with Crippen molar-refractivity contribution in [2.75, 3.05) is 33.2 Å². The van der Waals surface area contributed by atoms with Gasteiger partial charge in [-0.05, 0) is 51.9 Å². The van der Waals surface area contributed by atoms with Gasteiger partial charge in [0.1, 0.15) is 0 Å². The van der Waals surface area contributed by atoms with Crippen molar-refractivity contribution in [2.45, 2.75) is 31.7 Å². The minimum Gasteiger partial charge on any atom is -0.355 e. The van der Waals surface area contributed by atoms with Gasteiger partial charge < -0.3 is 15.5 Å². The third-order valence-corrected chi connectivity index (χ3v) is 3.80. The van der Waals surface area contributed by atoms with E-state index < -0.39 is 0 Å². The summed E-state index contributed by atoms with van der Waals surface area (Å²) < 4.78 is 0. The Kier molecular flexibility index (Phi) is 4.18. The van der Waals surface area contributed by atoms with Crippen LogP contribution >= 0.6 is 0 Å². The van der Waals surface area contributed by atoms with E-state index in [-0.39, 0.29) is 5.91 Å². The quantitative estimate of drug-likeness (QED) is 0.721. The van der Waals surface area contributed by atoms with Crippen molar-refractivity contribution in [1.29, 1.82) is 0 Å². The number of hydrogen-bond donors (Lipinski definition) is 2. The van der Waals surface area contributed by atoms with Crippen LogP contribution in [0.3, 0.4) is 0 Å². The molecule has 92 valence electrons. The molecule has 4 nitrogen and oxygen atoms in total. The predicted molar refractivity (Wildman–Crippen MR) is 64.3 cm³/mol. The summed E-state index contributed by atoms with van der Waals surface area (Å²) in [4.78, 5) is 13.4. The van der Waals surface area contributed by atoms with E-state index in [1.54, 1.807) is 0 Å². The lowest BCUT2D eigenvalue weighted by Crippen LogP contribution is -2.47. The van der Waals surface area contributed by atoms with Crippen LogP contribution in [-0.4, -0.2) is 50.1 Å². The van der Waals surface area contributed by atoms with Crippen LogP contribution in [0.25, 0.3) is 0 Å². The fraction of sp³-hybridized carbons (Fsp3) is 0.917. The fourth-order valence-electron chi connectivity index (χ4n) is 2.51. The normalized spacial score (nSPS) is 29.1. The smallest absolute Gasteiger partial charge is 0.220 e. The fourth-order valence-corrected chi connectivity index (χ4v) is 2.51. The minimum absolute atomic E-state index is 0.206. The second-order valence-corrected chi connectivity index (χ2v) is 5.19. The van der Waals surface area contributed by atoms with Crippen LogP contribution in [0.4, 0.5) is 0 Å². The van der Waals surface area contributed by atoms with E-state index in [9.17, 15) is 4.79 Å². The van der Waals surface area contributed by atoms with Crippen LogP contribution in [0, 0.1) is 5.92 Å². The first-order chi connectivity index (χ1) is 7.74. The lowest BCUT2D eigenvalue weighted by atomic mass is 9.96. The van der Waals surface area contributed by atoms with E-state index in [1.165, 1.54) is 25.9 Å². The third kappa shape index (κ3) is 3.46. The van der Waals surface area contributed by atoms with Gasteiger partial charge in [-0.3, -0.25) is 4.79 Å². The second-order valence-electron chi connectivity index (χ2n) is 5.19. The molecule has 0 bridgehead atoms. The largest absolute Gasteiger partial charge is 0.355 e. The standard InChI is InChI=1S/C12H23N3O/c1-15-6-4-10(5-7-15)8-13-11-2-3-12(16)14-9-11/h10-11,13H,2-9H2,1H3,(H,14,16). The summed E-state index contributed by atoms with van der Waals surface area (Å²) in [6.07, 6.45) is 4.30. The number of carbonyl (C=O) groups is 1. The molecule has 16 heavy (non-hydrogen) atoms. The number of hydrogen-bond acceptors (Lipinski definition) is 3. The number of nitrogens with one attached hydrogen (secondary N) is 2. The Labute approximate surface area is 97.8 Å². The van der Waals surface area contributed by atoms with Crippen molar-refractivity contribution in [3.63, 3.8) is 0 Å². The Bertz CT molecular complexity index is 226. The molecule has 0 saturated carbocycles. The molecule has 0 aliphatic carbocycles. The number of amides is 1. The van der Waals surface area contributed by atoms with Gasteiger partial charge in [0.15, 0.2) is 0 Å². The number of likely N-dealkylation sites (tertiary alicyclic amines) is 1. The van der Waals surface area contributed by atoms with E-state index >= 15 is 0 Å². The highest BCUT2D eigenvalue weighted by molar-refractivity contribution is 5.76. The van der Waals surface area contributed by atoms with Crippen LogP contribution in [0.2, 0.25) is 0 Å². The number of nitrogens with zero attached hydrogens (tertiary/aromatic N) is 1. The van der Waals surface area contributed by atoms with Gasteiger partial charge >= 0.3 is 0 Å². The molecular weight excluding hydrogens is 202 g/mol. The molecule has 1 unspecified atom stereocenters. The SMILES string of the molecule is CN1CCC(CNC2CCC(=O)NC2)CC1. The van der Waals surface area contributed by atoms with E-state index in [2.05, 4.69) is 22.6 Å². The van der Waals surface area contributed by atoms with Gasteiger partial charge in [-0.2, -0.15) is 0 Å². The molecule has 4 heteroatoms. The van der Waals surface area contributed by atoms with Crippen molar-refractivity contribution in [2.24, 2.45) is 5.92 Å². The van der Waals surface area contributed by atoms with Gasteiger partial charge in [0.25, 0.3) is 0 Å². The van der Waals surface area contributed by atoms with E-state index in [1.807, 2.05) is 0 Å². The monoisotopic (exact) mass is 225 g/mol. The lowest BCUT2D eigenvalue weighted by Gasteiger charge is -2.31. The zero-order chi connectivity index (χ0) is 11.4. The Hall–Kier alpha value is -0.610. The topological polar surface area (TPSA) is 44.4 Å². The van der Waals surface area contributed by atoms with Gasteiger partial charge in [0.05, 0.1) is 0 Å². The van der Waals surface area contributed by atoms with Gasteiger partial charge in [-0.25, -0.2) is 0 Å². The van der Waals surface area contributed by atoms with E-state index in [4.69, 9.17) is 0 Å². The maximum atomic E-state index is 11.0. The summed E-state index contributed by atoms with van der Waals surface area (Å²) in [5, 5.41) is 6.51. The number of piperidine rings is 2. The molecular formula is C12H23N3O. The molecule has 2 fully saturated rings. The molecule has 0 radical (unpaired) electrons. The summed E-state index contributed by atoms with van der Waals surface area (Å²) >= 11 is 0. The molecule has 2 saturated heterocycles. The zero-order valence-corrected chi connectivity index (χ0v) is 10.2. The van der Waals surface area contributed by atoms with Gasteiger partial charge in [0.2, 0.25) is 5.91 Å². The Morgan fingerprint density at radius 3 is 2.75 bits per heavy atom. The van der Waals surface area contributed by atoms with Crippen molar-refractivity contribution >= 4 is 5.91 Å². The maximum absolute atomic E-state index is 11.0. The van der Waals surface area contributed by atoms with Crippen molar-refractivity contribution in [3.05, 3.63) is 0 Å². The minimum atomic E-state index is 0.206. The van der Waals surface area contributed by atoms with Crippen LogP contribution < -0.4 is 10.6 Å². The highest BCUT2D eigenvalue weighted by atomic mass is 16.1. The number of carbonyl (C=O) groups excluding carboxylic acids is 1. The summed E-state index contributed by atoms with van der Waals surface area (Å²) in [5.41, 5.74) is 0. The molecule has 1 atom stereocenters. The molecule has 0 aromatic heterocycles. The molecule has 2 aliphatic rings. The molecule has 2 rings (SSSR count).